The lowest BCUT2D eigenvalue weighted by Gasteiger charge is -2.21. The molecule has 0 aliphatic carbocycles. The third-order valence-electron chi connectivity index (χ3n) is 2.42. The normalized spacial score (nSPS) is 9.74. The van der Waals surface area contributed by atoms with Gasteiger partial charge in [0.15, 0.2) is 5.69 Å². The summed E-state index contributed by atoms with van der Waals surface area (Å²) in [4.78, 5) is 21.2. The SMILES string of the molecule is COCCN(CCC#N)c1cnc(C(=O)OC)cn1. The van der Waals surface area contributed by atoms with Crippen LogP contribution in [0.3, 0.4) is 0 Å². The summed E-state index contributed by atoms with van der Waals surface area (Å²) in [6.45, 7) is 1.66. The van der Waals surface area contributed by atoms with Crippen LogP contribution in [0.2, 0.25) is 0 Å². The number of carbonyl (C=O) groups excluding carboxylic acids is 1. The van der Waals surface area contributed by atoms with Crippen molar-refractivity contribution in [2.24, 2.45) is 0 Å². The fourth-order valence-corrected chi connectivity index (χ4v) is 1.42. The highest BCUT2D eigenvalue weighted by Crippen LogP contribution is 2.09. The Labute approximate surface area is 111 Å². The highest BCUT2D eigenvalue weighted by atomic mass is 16.5. The highest BCUT2D eigenvalue weighted by Gasteiger charge is 2.11. The Morgan fingerprint density at radius 2 is 2.16 bits per heavy atom. The molecule has 0 radical (unpaired) electrons. The van der Waals surface area contributed by atoms with E-state index in [-0.39, 0.29) is 5.69 Å². The van der Waals surface area contributed by atoms with Crippen molar-refractivity contribution >= 4 is 11.8 Å². The second kappa shape index (κ2) is 8.00. The summed E-state index contributed by atoms with van der Waals surface area (Å²) in [7, 11) is 2.89. The number of rotatable bonds is 7. The van der Waals surface area contributed by atoms with Gasteiger partial charge in [-0.1, -0.05) is 0 Å². The second-order valence-electron chi connectivity index (χ2n) is 3.64. The zero-order valence-corrected chi connectivity index (χ0v) is 11.0. The van der Waals surface area contributed by atoms with E-state index in [0.29, 0.717) is 31.9 Å². The van der Waals surface area contributed by atoms with Crippen LogP contribution in [-0.4, -0.2) is 49.9 Å². The molecule has 0 aliphatic rings. The first-order chi connectivity index (χ1) is 9.22. The van der Waals surface area contributed by atoms with Crippen LogP contribution in [0.4, 0.5) is 5.82 Å². The molecule has 0 saturated carbocycles. The summed E-state index contributed by atoms with van der Waals surface area (Å²) in [5.41, 5.74) is 0.151. The summed E-state index contributed by atoms with van der Waals surface area (Å²) in [5.74, 6) is 0.0690. The molecule has 0 aliphatic heterocycles. The smallest absolute Gasteiger partial charge is 0.358 e. The molecule has 0 N–H and O–H groups in total. The molecule has 0 aromatic carbocycles. The van der Waals surface area contributed by atoms with Gasteiger partial charge in [-0.2, -0.15) is 5.26 Å². The number of aromatic nitrogens is 2. The lowest BCUT2D eigenvalue weighted by molar-refractivity contribution is 0.0593. The van der Waals surface area contributed by atoms with E-state index < -0.39 is 5.97 Å². The number of anilines is 1. The molecule has 0 fully saturated rings. The first-order valence-electron chi connectivity index (χ1n) is 5.74. The predicted octanol–water partition coefficient (Wildman–Crippen LogP) is 0.630. The summed E-state index contributed by atoms with van der Waals surface area (Å²) in [6, 6.07) is 2.08. The first-order valence-corrected chi connectivity index (χ1v) is 5.74. The number of hydrogen-bond donors (Lipinski definition) is 0. The van der Waals surface area contributed by atoms with Gasteiger partial charge in [0.1, 0.15) is 5.82 Å². The van der Waals surface area contributed by atoms with Crippen molar-refractivity contribution in [2.75, 3.05) is 38.8 Å². The van der Waals surface area contributed by atoms with Crippen molar-refractivity contribution in [1.29, 1.82) is 5.26 Å². The third-order valence-corrected chi connectivity index (χ3v) is 2.42. The zero-order valence-electron chi connectivity index (χ0n) is 11.0. The Morgan fingerprint density at radius 3 is 2.68 bits per heavy atom. The van der Waals surface area contributed by atoms with Crippen LogP contribution in [0.15, 0.2) is 12.4 Å². The molecule has 1 heterocycles. The van der Waals surface area contributed by atoms with E-state index in [1.54, 1.807) is 7.11 Å². The van der Waals surface area contributed by atoms with Gasteiger partial charge in [0.2, 0.25) is 0 Å². The molecule has 1 rings (SSSR count). The Hall–Kier alpha value is -2.20. The van der Waals surface area contributed by atoms with E-state index in [1.165, 1.54) is 19.5 Å². The van der Waals surface area contributed by atoms with Gasteiger partial charge in [-0.05, 0) is 0 Å². The van der Waals surface area contributed by atoms with Gasteiger partial charge in [-0.3, -0.25) is 0 Å². The number of esters is 1. The molecule has 0 saturated heterocycles. The molecule has 1 aromatic rings. The molecule has 0 spiro atoms. The summed E-state index contributed by atoms with van der Waals surface area (Å²) in [6.07, 6.45) is 3.22. The maximum absolute atomic E-state index is 11.2. The molecule has 19 heavy (non-hydrogen) atoms. The monoisotopic (exact) mass is 264 g/mol. The van der Waals surface area contributed by atoms with E-state index in [4.69, 9.17) is 10.00 Å². The lowest BCUT2D eigenvalue weighted by atomic mass is 10.4. The molecule has 7 nitrogen and oxygen atoms in total. The third kappa shape index (κ3) is 4.52. The van der Waals surface area contributed by atoms with Crippen molar-refractivity contribution in [3.63, 3.8) is 0 Å². The van der Waals surface area contributed by atoms with Gasteiger partial charge in [0.25, 0.3) is 0 Å². The van der Waals surface area contributed by atoms with Crippen LogP contribution >= 0.6 is 0 Å². The Kier molecular flexibility index (Phi) is 6.26. The van der Waals surface area contributed by atoms with E-state index in [0.717, 1.165) is 0 Å². The second-order valence-corrected chi connectivity index (χ2v) is 3.64. The van der Waals surface area contributed by atoms with Crippen molar-refractivity contribution in [3.8, 4) is 6.07 Å². The number of carbonyl (C=O) groups is 1. The Morgan fingerprint density at radius 1 is 1.37 bits per heavy atom. The van der Waals surface area contributed by atoms with Crippen molar-refractivity contribution in [3.05, 3.63) is 18.1 Å². The summed E-state index contributed by atoms with van der Waals surface area (Å²) < 4.78 is 9.55. The van der Waals surface area contributed by atoms with E-state index in [2.05, 4.69) is 20.8 Å². The molecule has 0 bridgehead atoms. The summed E-state index contributed by atoms with van der Waals surface area (Å²) in [5, 5.41) is 8.63. The average Bonchev–Trinajstić information content (AvgIpc) is 2.47. The Balaban J connectivity index is 2.78. The largest absolute Gasteiger partial charge is 0.464 e. The minimum Gasteiger partial charge on any atom is -0.464 e. The predicted molar refractivity (Wildman–Crippen MR) is 67.7 cm³/mol. The fourth-order valence-electron chi connectivity index (χ4n) is 1.42. The molecule has 102 valence electrons. The lowest BCUT2D eigenvalue weighted by Crippen LogP contribution is -2.29. The van der Waals surface area contributed by atoms with Crippen molar-refractivity contribution in [1.82, 2.24) is 9.97 Å². The van der Waals surface area contributed by atoms with Gasteiger partial charge in [0, 0.05) is 20.2 Å². The number of nitriles is 1. The number of hydrogen-bond acceptors (Lipinski definition) is 7. The average molecular weight is 264 g/mol. The van der Waals surface area contributed by atoms with E-state index >= 15 is 0 Å². The maximum Gasteiger partial charge on any atom is 0.358 e. The molecule has 1 aromatic heterocycles. The van der Waals surface area contributed by atoms with Crippen LogP contribution < -0.4 is 4.90 Å². The van der Waals surface area contributed by atoms with Gasteiger partial charge >= 0.3 is 5.97 Å². The van der Waals surface area contributed by atoms with Crippen LogP contribution in [-0.2, 0) is 9.47 Å². The first kappa shape index (κ1) is 14.9. The van der Waals surface area contributed by atoms with Crippen LogP contribution in [0.25, 0.3) is 0 Å². The van der Waals surface area contributed by atoms with E-state index in [1.807, 2.05) is 4.90 Å². The topological polar surface area (TPSA) is 88.3 Å². The molecule has 7 heteroatoms. The minimum atomic E-state index is -0.528. The van der Waals surface area contributed by atoms with Gasteiger partial charge in [-0.25, -0.2) is 14.8 Å². The highest BCUT2D eigenvalue weighted by molar-refractivity contribution is 5.86. The fraction of sp³-hybridized carbons (Fsp3) is 0.500. The number of nitrogens with zero attached hydrogens (tertiary/aromatic N) is 4. The van der Waals surface area contributed by atoms with Crippen molar-refractivity contribution in [2.45, 2.75) is 6.42 Å². The molecular weight excluding hydrogens is 248 g/mol. The minimum absolute atomic E-state index is 0.151. The van der Waals surface area contributed by atoms with Crippen LogP contribution in [0.1, 0.15) is 16.9 Å². The van der Waals surface area contributed by atoms with Crippen LogP contribution in [0.5, 0.6) is 0 Å². The Bertz CT molecular complexity index is 441. The van der Waals surface area contributed by atoms with E-state index in [9.17, 15) is 4.79 Å². The number of ether oxygens (including phenoxy) is 2. The number of methoxy groups -OCH3 is 2. The zero-order chi connectivity index (χ0) is 14.1. The van der Waals surface area contributed by atoms with Crippen molar-refractivity contribution < 1.29 is 14.3 Å². The molecule has 0 atom stereocenters. The maximum atomic E-state index is 11.2. The quantitative estimate of drug-likeness (QED) is 0.667. The van der Waals surface area contributed by atoms with Gasteiger partial charge in [-0.15, -0.1) is 0 Å². The summed E-state index contributed by atoms with van der Waals surface area (Å²) >= 11 is 0. The standard InChI is InChI=1S/C12H16N4O3/c1-18-7-6-16(5-3-4-13)11-9-14-10(8-15-11)12(17)19-2/h8-9H,3,5-7H2,1-2H3. The molecule has 0 unspecified atom stereocenters. The van der Waals surface area contributed by atoms with Gasteiger partial charge in [0.05, 0.1) is 38.6 Å². The van der Waals surface area contributed by atoms with Crippen LogP contribution in [0, 0.1) is 11.3 Å². The van der Waals surface area contributed by atoms with Gasteiger partial charge < -0.3 is 14.4 Å². The molecular formula is C12H16N4O3. The molecule has 0 amide bonds.